The summed E-state index contributed by atoms with van der Waals surface area (Å²) in [5.74, 6) is 4.76. The summed E-state index contributed by atoms with van der Waals surface area (Å²) in [5, 5.41) is 20.4. The van der Waals surface area contributed by atoms with Crippen LogP contribution >= 0.6 is 23.8 Å². The number of imidazole rings is 1. The van der Waals surface area contributed by atoms with E-state index in [1.165, 1.54) is 17.8 Å². The van der Waals surface area contributed by atoms with Crippen LogP contribution in [0.15, 0.2) is 6.33 Å². The molecule has 0 bridgehead atoms. The van der Waals surface area contributed by atoms with Crippen LogP contribution < -0.4 is 5.73 Å². The number of aromatic nitrogens is 4. The molecule has 0 saturated carbocycles. The van der Waals surface area contributed by atoms with E-state index in [9.17, 15) is 14.6 Å². The molecule has 134 valence electrons. The van der Waals surface area contributed by atoms with E-state index in [0.717, 1.165) is 0 Å². The van der Waals surface area contributed by atoms with E-state index in [1.54, 1.807) is 0 Å². The maximum absolute atomic E-state index is 12.6. The van der Waals surface area contributed by atoms with Crippen molar-refractivity contribution in [2.75, 3.05) is 12.4 Å². The van der Waals surface area contributed by atoms with Crippen LogP contribution in [0, 0.1) is 16.5 Å². The zero-order valence-electron chi connectivity index (χ0n) is 13.0. The number of hydrogen-bond acceptors (Lipinski definition) is 7. The average molecular weight is 388 g/mol. The second-order valence-electron chi connectivity index (χ2n) is 5.62. The highest BCUT2D eigenvalue weighted by atomic mass is 35.5. The van der Waals surface area contributed by atoms with Crippen molar-refractivity contribution in [3.8, 4) is 11.8 Å². The molecule has 0 aromatic carbocycles. The zero-order valence-corrected chi connectivity index (χ0v) is 14.6. The van der Waals surface area contributed by atoms with E-state index in [2.05, 4.69) is 26.8 Å². The van der Waals surface area contributed by atoms with Crippen molar-refractivity contribution in [1.29, 1.82) is 0 Å². The third-order valence-electron chi connectivity index (χ3n) is 3.93. The Bertz CT molecular complexity index is 923. The van der Waals surface area contributed by atoms with Crippen molar-refractivity contribution < 1.29 is 19.3 Å². The molecule has 8 nitrogen and oxygen atoms in total. The van der Waals surface area contributed by atoms with Crippen LogP contribution in [0.2, 0.25) is 0 Å². The Hall–Kier alpha value is -1.77. The van der Waals surface area contributed by atoms with Crippen molar-refractivity contribution >= 4 is 40.9 Å². The lowest BCUT2D eigenvalue weighted by atomic mass is 9.96. The van der Waals surface area contributed by atoms with Gasteiger partial charge in [-0.1, -0.05) is 35.7 Å². The summed E-state index contributed by atoms with van der Waals surface area (Å²) < 4.78 is 19.9. The number of aliphatic hydroxyl groups is 2. The number of nitrogen functional groups attached to an aromatic ring is 1. The number of hydrogen-bond donors (Lipinski definition) is 4. The normalized spacial score (nSPS) is 30.2. The second-order valence-corrected chi connectivity index (χ2v) is 6.63. The summed E-state index contributed by atoms with van der Waals surface area (Å²) in [4.78, 5) is 9.15. The predicted molar refractivity (Wildman–Crippen MR) is 91.1 cm³/mol. The molecule has 11 heteroatoms. The van der Waals surface area contributed by atoms with Crippen LogP contribution in [0.5, 0.6) is 0 Å². The molecule has 1 saturated heterocycles. The molecule has 1 fully saturated rings. The van der Waals surface area contributed by atoms with Gasteiger partial charge in [-0.3, -0.25) is 4.57 Å². The van der Waals surface area contributed by atoms with Crippen LogP contribution in [0.1, 0.15) is 13.2 Å². The highest BCUT2D eigenvalue weighted by Gasteiger charge is 2.57. The first-order chi connectivity index (χ1) is 11.8. The standard InChI is InChI=1S/C14H15ClFN5O3S/c1-6(22)8-9(23)14(15,3-2-4-16)12(24-8)21-5-18-7-10(21)19-13(17)20-11(7)25/h5-6,8-9,12,22-23H,4H2,1H3,(H3,17,19,20,25)/t6-,8-,9+,12-,14?/m1/s1. The Morgan fingerprint density at radius 3 is 3.04 bits per heavy atom. The lowest BCUT2D eigenvalue weighted by Crippen LogP contribution is -2.43. The molecule has 5 atom stereocenters. The Labute approximate surface area is 151 Å². The first kappa shape index (κ1) is 18.0. The molecular formula is C14H15ClFN5O3S. The summed E-state index contributed by atoms with van der Waals surface area (Å²) in [6.45, 7) is 0.495. The maximum atomic E-state index is 12.6. The smallest absolute Gasteiger partial charge is 0.200 e. The number of nitrogens with zero attached hydrogens (tertiary/aromatic N) is 3. The van der Waals surface area contributed by atoms with Gasteiger partial charge in [-0.15, -0.1) is 0 Å². The number of anilines is 1. The molecule has 0 amide bonds. The molecule has 2 aromatic rings. The highest BCUT2D eigenvalue weighted by Crippen LogP contribution is 2.45. The minimum Gasteiger partial charge on any atom is -0.391 e. The number of H-pyrrole nitrogens is 1. The van der Waals surface area contributed by atoms with Gasteiger partial charge in [-0.25, -0.2) is 14.4 Å². The largest absolute Gasteiger partial charge is 0.391 e. The third kappa shape index (κ3) is 2.88. The lowest BCUT2D eigenvalue weighted by molar-refractivity contribution is -0.0752. The number of rotatable bonds is 2. The van der Waals surface area contributed by atoms with Gasteiger partial charge in [-0.05, 0) is 6.92 Å². The monoisotopic (exact) mass is 387 g/mol. The first-order valence-electron chi connectivity index (χ1n) is 7.28. The summed E-state index contributed by atoms with van der Waals surface area (Å²) in [6.07, 6.45) is -3.16. The van der Waals surface area contributed by atoms with E-state index < -0.39 is 36.1 Å². The SMILES string of the molecule is C[C@@H](O)[C@H]1O[C@@H](n2cnc3c(=S)nc(N)[nH]c32)C(Cl)(C#CCF)[C@H]1O. The van der Waals surface area contributed by atoms with Gasteiger partial charge in [-0.2, -0.15) is 0 Å². The Morgan fingerprint density at radius 1 is 1.68 bits per heavy atom. The Balaban J connectivity index is 2.18. The number of alkyl halides is 2. The van der Waals surface area contributed by atoms with Gasteiger partial charge >= 0.3 is 0 Å². The minimum atomic E-state index is -1.71. The van der Waals surface area contributed by atoms with Gasteiger partial charge in [0.2, 0.25) is 0 Å². The average Bonchev–Trinajstić information content (AvgIpc) is 3.06. The lowest BCUT2D eigenvalue weighted by Gasteiger charge is -2.25. The van der Waals surface area contributed by atoms with E-state index in [-0.39, 0.29) is 10.6 Å². The molecule has 0 aliphatic carbocycles. The number of ether oxygens (including phenoxy) is 1. The van der Waals surface area contributed by atoms with Crippen LogP contribution in [0.4, 0.5) is 10.3 Å². The third-order valence-corrected chi connectivity index (χ3v) is 4.72. The summed E-state index contributed by atoms with van der Waals surface area (Å²) in [6, 6.07) is 0. The van der Waals surface area contributed by atoms with Gasteiger partial charge < -0.3 is 25.7 Å². The number of aliphatic hydroxyl groups excluding tert-OH is 2. The van der Waals surface area contributed by atoms with E-state index in [1.807, 2.05) is 0 Å². The maximum Gasteiger partial charge on any atom is 0.200 e. The molecule has 5 N–H and O–H groups in total. The van der Waals surface area contributed by atoms with Crippen molar-refractivity contribution in [2.24, 2.45) is 0 Å². The van der Waals surface area contributed by atoms with Crippen molar-refractivity contribution in [1.82, 2.24) is 19.5 Å². The molecule has 1 aliphatic rings. The molecule has 25 heavy (non-hydrogen) atoms. The molecule has 0 spiro atoms. The fourth-order valence-electron chi connectivity index (χ4n) is 2.79. The van der Waals surface area contributed by atoms with Gasteiger partial charge in [0, 0.05) is 0 Å². The first-order valence-corrected chi connectivity index (χ1v) is 8.07. The molecular weight excluding hydrogens is 373 g/mol. The summed E-state index contributed by atoms with van der Waals surface area (Å²) in [5.41, 5.74) is 6.39. The van der Waals surface area contributed by atoms with E-state index in [4.69, 9.17) is 34.3 Å². The van der Waals surface area contributed by atoms with Gasteiger partial charge in [0.25, 0.3) is 0 Å². The minimum absolute atomic E-state index is 0.0555. The van der Waals surface area contributed by atoms with Crippen molar-refractivity contribution in [3.05, 3.63) is 11.0 Å². The summed E-state index contributed by atoms with van der Waals surface area (Å²) >= 11 is 11.6. The molecule has 2 aromatic heterocycles. The highest BCUT2D eigenvalue weighted by molar-refractivity contribution is 7.71. The van der Waals surface area contributed by atoms with Gasteiger partial charge in [0.05, 0.1) is 12.4 Å². The second kappa shape index (κ2) is 6.51. The number of nitrogens with two attached hydrogens (primary N) is 1. The number of halogens is 2. The quantitative estimate of drug-likeness (QED) is 0.339. The van der Waals surface area contributed by atoms with Crippen LogP contribution in [0.25, 0.3) is 11.2 Å². The van der Waals surface area contributed by atoms with Crippen LogP contribution in [0.3, 0.4) is 0 Å². The van der Waals surface area contributed by atoms with E-state index in [0.29, 0.717) is 11.2 Å². The Kier molecular flexibility index (Phi) is 4.70. The van der Waals surface area contributed by atoms with Gasteiger partial charge in [0.15, 0.2) is 21.7 Å². The molecule has 0 radical (unpaired) electrons. The van der Waals surface area contributed by atoms with E-state index >= 15 is 0 Å². The van der Waals surface area contributed by atoms with Crippen LogP contribution in [-0.4, -0.2) is 59.6 Å². The summed E-state index contributed by atoms with van der Waals surface area (Å²) in [7, 11) is 0. The number of aromatic amines is 1. The van der Waals surface area contributed by atoms with Crippen molar-refractivity contribution in [3.63, 3.8) is 0 Å². The van der Waals surface area contributed by atoms with Crippen molar-refractivity contribution in [2.45, 2.75) is 36.3 Å². The van der Waals surface area contributed by atoms with Gasteiger partial charge in [0.1, 0.15) is 30.0 Å². The molecule has 3 rings (SSSR count). The topological polar surface area (TPSA) is 122 Å². The Morgan fingerprint density at radius 2 is 2.40 bits per heavy atom. The molecule has 1 aliphatic heterocycles. The van der Waals surface area contributed by atoms with Crippen LogP contribution in [-0.2, 0) is 4.74 Å². The predicted octanol–water partition coefficient (Wildman–Crippen LogP) is 0.661. The fraction of sp³-hybridized carbons (Fsp3) is 0.500. The number of fused-ring (bicyclic) bond motifs is 1. The zero-order chi connectivity index (χ0) is 18.4. The molecule has 1 unspecified atom stereocenters. The number of nitrogens with one attached hydrogen (secondary N) is 1. The fourth-order valence-corrected chi connectivity index (χ4v) is 3.38. The molecule has 3 heterocycles.